The number of fused-ring (bicyclic) bond motifs is 3. The number of carbonyl (C=O) groups excluding carboxylic acids is 5. The number of aliphatic hydroxyl groups excluding tert-OH is 1. The van der Waals surface area contributed by atoms with Crippen molar-refractivity contribution >= 4 is 45.0 Å². The van der Waals surface area contributed by atoms with Crippen LogP contribution in [0.4, 0.5) is 0 Å². The van der Waals surface area contributed by atoms with Gasteiger partial charge in [0.2, 0.25) is 5.91 Å². The summed E-state index contributed by atoms with van der Waals surface area (Å²) in [6.07, 6.45) is -1.64. The van der Waals surface area contributed by atoms with Crippen LogP contribution in [0.2, 0.25) is 0 Å². The van der Waals surface area contributed by atoms with Gasteiger partial charge in [-0.3, -0.25) is 28.9 Å². The van der Waals surface area contributed by atoms with Gasteiger partial charge in [-0.2, -0.15) is 0 Å². The maximum Gasteiger partial charge on any atom is 0.235 e. The fraction of sp³-hybridized carbons (Fsp3) is 0.522. The number of nitrogens with two attached hydrogens (primary N) is 1. The SMILES string of the molecule is CCN(C)C1C(=O)C(C(N)=O)C(=O)C2(O)C(=O)C3C(=O)c4c(O)ccc(Br)c4C(C)C3C(O)C12. The van der Waals surface area contributed by atoms with Crippen molar-refractivity contribution in [1.29, 1.82) is 0 Å². The first-order valence-corrected chi connectivity index (χ1v) is 11.7. The van der Waals surface area contributed by atoms with Gasteiger partial charge < -0.3 is 21.1 Å². The lowest BCUT2D eigenvalue weighted by Crippen LogP contribution is -2.78. The molecule has 8 atom stereocenters. The molecule has 3 aliphatic carbocycles. The van der Waals surface area contributed by atoms with Crippen LogP contribution in [0.3, 0.4) is 0 Å². The summed E-state index contributed by atoms with van der Waals surface area (Å²) in [5, 5.41) is 33.5. The van der Waals surface area contributed by atoms with Crippen molar-refractivity contribution in [3.05, 3.63) is 27.7 Å². The fourth-order valence-electron chi connectivity index (χ4n) is 6.13. The lowest BCUT2D eigenvalue weighted by Gasteiger charge is -2.56. The molecule has 182 valence electrons. The van der Waals surface area contributed by atoms with Gasteiger partial charge in [0.05, 0.1) is 29.5 Å². The van der Waals surface area contributed by atoms with Gasteiger partial charge in [-0.1, -0.05) is 29.8 Å². The Balaban J connectivity index is 1.98. The van der Waals surface area contributed by atoms with E-state index in [0.717, 1.165) is 0 Å². The van der Waals surface area contributed by atoms with Crippen LogP contribution in [0.1, 0.15) is 35.7 Å². The molecule has 0 aliphatic heterocycles. The van der Waals surface area contributed by atoms with Crippen LogP contribution in [-0.2, 0) is 19.2 Å². The van der Waals surface area contributed by atoms with Crippen molar-refractivity contribution in [2.24, 2.45) is 29.4 Å². The summed E-state index contributed by atoms with van der Waals surface area (Å²) in [4.78, 5) is 67.3. The van der Waals surface area contributed by atoms with E-state index in [-0.39, 0.29) is 17.9 Å². The Hall–Kier alpha value is -2.47. The molecule has 1 aromatic carbocycles. The van der Waals surface area contributed by atoms with Gasteiger partial charge in [0.25, 0.3) is 0 Å². The Morgan fingerprint density at radius 3 is 2.38 bits per heavy atom. The molecule has 8 unspecified atom stereocenters. The Morgan fingerprint density at radius 1 is 1.21 bits per heavy atom. The van der Waals surface area contributed by atoms with Crippen LogP contribution in [0.25, 0.3) is 0 Å². The molecule has 5 N–H and O–H groups in total. The summed E-state index contributed by atoms with van der Waals surface area (Å²) in [6.45, 7) is 3.57. The molecule has 4 rings (SSSR count). The van der Waals surface area contributed by atoms with Crippen molar-refractivity contribution < 1.29 is 39.3 Å². The number of ketones is 4. The number of likely N-dealkylation sites (N-methyl/N-ethyl adjacent to an activating group) is 1. The summed E-state index contributed by atoms with van der Waals surface area (Å²) in [5.41, 5.74) is 2.56. The maximum absolute atomic E-state index is 13.8. The third kappa shape index (κ3) is 2.93. The van der Waals surface area contributed by atoms with Gasteiger partial charge in [0, 0.05) is 10.4 Å². The van der Waals surface area contributed by atoms with Crippen molar-refractivity contribution in [1.82, 2.24) is 4.90 Å². The Kier molecular flexibility index (Phi) is 5.83. The summed E-state index contributed by atoms with van der Waals surface area (Å²) < 4.78 is 0.479. The number of primary amides is 1. The number of benzene rings is 1. The summed E-state index contributed by atoms with van der Waals surface area (Å²) >= 11 is 3.36. The molecule has 11 heteroatoms. The van der Waals surface area contributed by atoms with E-state index in [0.29, 0.717) is 10.0 Å². The van der Waals surface area contributed by atoms with E-state index in [2.05, 4.69) is 15.9 Å². The molecule has 0 heterocycles. The quantitative estimate of drug-likeness (QED) is 0.372. The number of Topliss-reactive ketones (excluding diaryl/α,β-unsaturated/α-hetero) is 4. The number of aliphatic hydroxyl groups is 2. The number of hydrogen-bond donors (Lipinski definition) is 4. The zero-order valence-electron chi connectivity index (χ0n) is 18.7. The molecule has 0 saturated heterocycles. The zero-order valence-corrected chi connectivity index (χ0v) is 20.3. The largest absolute Gasteiger partial charge is 0.507 e. The van der Waals surface area contributed by atoms with E-state index < -0.39 is 76.4 Å². The molecule has 1 amide bonds. The van der Waals surface area contributed by atoms with Crippen LogP contribution in [0.5, 0.6) is 5.75 Å². The van der Waals surface area contributed by atoms with Crippen LogP contribution in [0.15, 0.2) is 16.6 Å². The smallest absolute Gasteiger partial charge is 0.235 e. The maximum atomic E-state index is 13.8. The molecule has 0 radical (unpaired) electrons. The number of phenols is 1. The summed E-state index contributed by atoms with van der Waals surface area (Å²) in [5.74, 6) is -13.2. The Bertz CT molecular complexity index is 1150. The minimum Gasteiger partial charge on any atom is -0.507 e. The second-order valence-electron chi connectivity index (χ2n) is 9.33. The summed E-state index contributed by atoms with van der Waals surface area (Å²) in [6, 6.07) is 1.43. The first-order chi connectivity index (χ1) is 15.8. The van der Waals surface area contributed by atoms with E-state index in [1.54, 1.807) is 13.8 Å². The molecule has 10 nitrogen and oxygen atoms in total. The van der Waals surface area contributed by atoms with Gasteiger partial charge in [0.1, 0.15) is 5.75 Å². The summed E-state index contributed by atoms with van der Waals surface area (Å²) in [7, 11) is 1.50. The molecule has 0 bridgehead atoms. The fourth-order valence-corrected chi connectivity index (χ4v) is 6.82. The number of halogens is 1. The number of amides is 1. The second-order valence-corrected chi connectivity index (χ2v) is 10.2. The highest BCUT2D eigenvalue weighted by molar-refractivity contribution is 9.10. The average molecular weight is 537 g/mol. The predicted molar refractivity (Wildman–Crippen MR) is 120 cm³/mol. The standard InChI is InChI=1S/C23H25BrN2O8/c1-4-26(3)16-15-18(29)11-7(2)10-8(24)5-6-9(27)12(10)17(28)13(11)20(31)23(15,34)21(32)14(19(16)30)22(25)33/h5-7,11,13-16,18,27,29,34H,4H2,1-3H3,(H2,25,33). The third-order valence-corrected chi connectivity index (χ3v) is 8.52. The molecule has 1 aromatic rings. The first-order valence-electron chi connectivity index (χ1n) is 10.9. The Morgan fingerprint density at radius 2 is 1.82 bits per heavy atom. The minimum atomic E-state index is -2.99. The van der Waals surface area contributed by atoms with Crippen molar-refractivity contribution in [3.63, 3.8) is 0 Å². The molecule has 2 fully saturated rings. The normalized spacial score (nSPS) is 37.3. The third-order valence-electron chi connectivity index (χ3n) is 7.83. The lowest BCUT2D eigenvalue weighted by molar-refractivity contribution is -0.197. The minimum absolute atomic E-state index is 0.140. The highest BCUT2D eigenvalue weighted by atomic mass is 79.9. The first kappa shape index (κ1) is 24.6. The topological polar surface area (TPSA) is 175 Å². The number of hydrogen-bond acceptors (Lipinski definition) is 9. The average Bonchev–Trinajstić information content (AvgIpc) is 2.77. The molecule has 0 spiro atoms. The number of aromatic hydroxyl groups is 1. The van der Waals surface area contributed by atoms with E-state index in [9.17, 15) is 39.3 Å². The van der Waals surface area contributed by atoms with E-state index >= 15 is 0 Å². The van der Waals surface area contributed by atoms with Crippen molar-refractivity contribution in [2.75, 3.05) is 13.6 Å². The molecule has 0 aromatic heterocycles. The van der Waals surface area contributed by atoms with Crippen molar-refractivity contribution in [2.45, 2.75) is 37.5 Å². The second kappa shape index (κ2) is 8.04. The lowest BCUT2D eigenvalue weighted by atomic mass is 9.49. The van der Waals surface area contributed by atoms with Gasteiger partial charge in [-0.05, 0) is 37.2 Å². The highest BCUT2D eigenvalue weighted by Crippen LogP contribution is 2.55. The van der Waals surface area contributed by atoms with Crippen LogP contribution >= 0.6 is 15.9 Å². The van der Waals surface area contributed by atoms with Crippen LogP contribution in [-0.4, -0.2) is 80.6 Å². The number of nitrogens with zero attached hydrogens (tertiary/aromatic N) is 1. The molecule has 3 aliphatic rings. The number of phenolic OH excluding ortho intramolecular Hbond substituents is 1. The number of carbonyl (C=O) groups is 5. The monoisotopic (exact) mass is 536 g/mol. The van der Waals surface area contributed by atoms with Gasteiger partial charge in [0.15, 0.2) is 34.7 Å². The van der Waals surface area contributed by atoms with E-state index in [1.165, 1.54) is 24.1 Å². The molecular formula is C23H25BrN2O8. The van der Waals surface area contributed by atoms with Crippen LogP contribution in [0, 0.1) is 23.7 Å². The number of rotatable bonds is 3. The molecular weight excluding hydrogens is 512 g/mol. The molecule has 34 heavy (non-hydrogen) atoms. The van der Waals surface area contributed by atoms with Crippen molar-refractivity contribution in [3.8, 4) is 5.75 Å². The Labute approximate surface area is 203 Å². The van der Waals surface area contributed by atoms with Gasteiger partial charge >= 0.3 is 0 Å². The van der Waals surface area contributed by atoms with Gasteiger partial charge in [-0.15, -0.1) is 0 Å². The predicted octanol–water partition coefficient (Wildman–Crippen LogP) is -0.449. The van der Waals surface area contributed by atoms with Crippen LogP contribution < -0.4 is 5.73 Å². The highest BCUT2D eigenvalue weighted by Gasteiger charge is 2.73. The van der Waals surface area contributed by atoms with E-state index in [4.69, 9.17) is 5.73 Å². The van der Waals surface area contributed by atoms with E-state index in [1.807, 2.05) is 0 Å². The van der Waals surface area contributed by atoms with Gasteiger partial charge in [-0.25, -0.2) is 0 Å². The molecule has 2 saturated carbocycles. The zero-order chi connectivity index (χ0) is 25.4.